The summed E-state index contributed by atoms with van der Waals surface area (Å²) in [5, 5.41) is 2.80. The van der Waals surface area contributed by atoms with E-state index >= 15 is 0 Å². The fraction of sp³-hybridized carbons (Fsp3) is 0.571. The average molecular weight is 423 g/mol. The molecule has 0 aliphatic carbocycles. The molecule has 2 saturated heterocycles. The minimum absolute atomic E-state index is 0. The Labute approximate surface area is 178 Å². The van der Waals surface area contributed by atoms with Gasteiger partial charge in [-0.1, -0.05) is 18.2 Å². The molecule has 1 N–H and O–H groups in total. The van der Waals surface area contributed by atoms with E-state index < -0.39 is 0 Å². The maximum atomic E-state index is 13.2. The smallest absolute Gasteiger partial charge is 0.227 e. The highest BCUT2D eigenvalue weighted by atomic mass is 35.5. The molecule has 7 nitrogen and oxygen atoms in total. The number of hydrogen-bond donors (Lipinski definition) is 1. The lowest BCUT2D eigenvalue weighted by Crippen LogP contribution is -2.59. The van der Waals surface area contributed by atoms with Gasteiger partial charge in [-0.15, -0.1) is 12.4 Å². The maximum absolute atomic E-state index is 13.2. The molecular weight excluding hydrogens is 392 g/mol. The number of rotatable bonds is 5. The third kappa shape index (κ3) is 6.18. The predicted molar refractivity (Wildman–Crippen MR) is 115 cm³/mol. The molecule has 8 heteroatoms. The van der Waals surface area contributed by atoms with Gasteiger partial charge in [0.05, 0.1) is 12.5 Å². The normalized spacial score (nSPS) is 19.6. The Morgan fingerprint density at radius 1 is 1.03 bits per heavy atom. The van der Waals surface area contributed by atoms with Crippen molar-refractivity contribution in [2.45, 2.75) is 39.2 Å². The third-order valence-corrected chi connectivity index (χ3v) is 5.59. The molecule has 0 spiro atoms. The minimum Gasteiger partial charge on any atom is -0.339 e. The second-order valence-electron chi connectivity index (χ2n) is 7.73. The third-order valence-electron chi connectivity index (χ3n) is 5.59. The van der Waals surface area contributed by atoms with E-state index in [4.69, 9.17) is 0 Å². The summed E-state index contributed by atoms with van der Waals surface area (Å²) in [5.41, 5.74) is 1.50. The fourth-order valence-corrected chi connectivity index (χ4v) is 4.14. The second kappa shape index (κ2) is 10.6. The zero-order chi connectivity index (χ0) is 20.1. The summed E-state index contributed by atoms with van der Waals surface area (Å²) in [4.78, 5) is 42.6. The van der Waals surface area contributed by atoms with E-state index in [1.165, 1.54) is 19.8 Å². The lowest BCUT2D eigenvalue weighted by molar-refractivity contribution is -0.142. The van der Waals surface area contributed by atoms with E-state index in [1.807, 2.05) is 34.1 Å². The molecule has 3 amide bonds. The van der Waals surface area contributed by atoms with Crippen molar-refractivity contribution in [3.63, 3.8) is 0 Å². The first kappa shape index (κ1) is 23.2. The number of carbonyl (C=O) groups is 3. The molecule has 2 aliphatic rings. The van der Waals surface area contributed by atoms with Crippen molar-refractivity contribution in [1.82, 2.24) is 14.7 Å². The molecule has 1 aromatic rings. The predicted octanol–water partition coefficient (Wildman–Crippen LogP) is 1.76. The summed E-state index contributed by atoms with van der Waals surface area (Å²) >= 11 is 0. The van der Waals surface area contributed by atoms with Crippen LogP contribution in [-0.4, -0.2) is 77.7 Å². The molecule has 29 heavy (non-hydrogen) atoms. The van der Waals surface area contributed by atoms with Gasteiger partial charge in [-0.05, 0) is 37.6 Å². The van der Waals surface area contributed by atoms with Gasteiger partial charge in [0.25, 0.3) is 0 Å². The molecule has 160 valence electrons. The Morgan fingerprint density at radius 3 is 2.38 bits per heavy atom. The van der Waals surface area contributed by atoms with Crippen LogP contribution in [0.25, 0.3) is 0 Å². The molecule has 0 bridgehead atoms. The van der Waals surface area contributed by atoms with Gasteiger partial charge >= 0.3 is 0 Å². The molecule has 0 unspecified atom stereocenters. The second-order valence-corrected chi connectivity index (χ2v) is 7.73. The SMILES string of the molecule is CC(=O)Nc1ccccc1CC(=O)N1CCN(C(C)=O)C[C@@H]1CN1CCCC1.Cl. The summed E-state index contributed by atoms with van der Waals surface area (Å²) in [6, 6.07) is 7.44. The molecule has 2 heterocycles. The van der Waals surface area contributed by atoms with Gasteiger partial charge in [0.15, 0.2) is 0 Å². The number of piperazine rings is 1. The number of para-hydroxylation sites is 1. The first-order valence-corrected chi connectivity index (χ1v) is 10.1. The van der Waals surface area contributed by atoms with Crippen LogP contribution in [0.15, 0.2) is 24.3 Å². The van der Waals surface area contributed by atoms with Gasteiger partial charge in [-0.3, -0.25) is 14.4 Å². The molecule has 2 aliphatic heterocycles. The monoisotopic (exact) mass is 422 g/mol. The van der Waals surface area contributed by atoms with Crippen LogP contribution in [0.5, 0.6) is 0 Å². The summed E-state index contributed by atoms with van der Waals surface area (Å²) in [6.45, 7) is 7.70. The van der Waals surface area contributed by atoms with Crippen LogP contribution in [0.1, 0.15) is 32.3 Å². The largest absolute Gasteiger partial charge is 0.339 e. The van der Waals surface area contributed by atoms with Crippen LogP contribution in [0.2, 0.25) is 0 Å². The molecule has 1 atom stereocenters. The van der Waals surface area contributed by atoms with E-state index in [0.717, 1.165) is 25.2 Å². The van der Waals surface area contributed by atoms with Crippen molar-refractivity contribution in [3.05, 3.63) is 29.8 Å². The maximum Gasteiger partial charge on any atom is 0.227 e. The van der Waals surface area contributed by atoms with E-state index in [1.54, 1.807) is 6.92 Å². The number of hydrogen-bond acceptors (Lipinski definition) is 4. The number of likely N-dealkylation sites (tertiary alicyclic amines) is 1. The van der Waals surface area contributed by atoms with Crippen molar-refractivity contribution in [2.24, 2.45) is 0 Å². The van der Waals surface area contributed by atoms with E-state index in [0.29, 0.717) is 25.3 Å². The highest BCUT2D eigenvalue weighted by Gasteiger charge is 2.33. The van der Waals surface area contributed by atoms with Crippen LogP contribution in [0.4, 0.5) is 5.69 Å². The lowest BCUT2D eigenvalue weighted by atomic mass is 10.1. The van der Waals surface area contributed by atoms with Gasteiger partial charge in [0.2, 0.25) is 17.7 Å². The fourth-order valence-electron chi connectivity index (χ4n) is 4.14. The van der Waals surface area contributed by atoms with E-state index in [-0.39, 0.29) is 42.6 Å². The van der Waals surface area contributed by atoms with Crippen molar-refractivity contribution in [3.8, 4) is 0 Å². The Hall–Kier alpha value is -2.12. The lowest BCUT2D eigenvalue weighted by Gasteiger charge is -2.42. The molecule has 0 aromatic heterocycles. The van der Waals surface area contributed by atoms with Crippen LogP contribution < -0.4 is 5.32 Å². The number of amides is 3. The molecule has 0 radical (unpaired) electrons. The molecule has 0 saturated carbocycles. The van der Waals surface area contributed by atoms with E-state index in [2.05, 4.69) is 10.2 Å². The van der Waals surface area contributed by atoms with Crippen LogP contribution in [0.3, 0.4) is 0 Å². The number of carbonyl (C=O) groups excluding carboxylic acids is 3. The quantitative estimate of drug-likeness (QED) is 0.784. The first-order chi connectivity index (χ1) is 13.4. The van der Waals surface area contributed by atoms with Crippen molar-refractivity contribution >= 4 is 35.8 Å². The van der Waals surface area contributed by atoms with Crippen molar-refractivity contribution in [1.29, 1.82) is 0 Å². The molecule has 3 rings (SSSR count). The summed E-state index contributed by atoms with van der Waals surface area (Å²) < 4.78 is 0. The topological polar surface area (TPSA) is 73.0 Å². The number of halogens is 1. The Morgan fingerprint density at radius 2 is 1.72 bits per heavy atom. The standard InChI is InChI=1S/C21H30N4O3.ClH/c1-16(26)22-20-8-4-3-7-18(20)13-21(28)25-12-11-24(17(2)27)15-19(25)14-23-9-5-6-10-23;/h3-4,7-8,19H,5-6,9-15H2,1-2H3,(H,22,26);1H/t19-;/m0./s1. The zero-order valence-corrected chi connectivity index (χ0v) is 18.0. The molecule has 1 aromatic carbocycles. The van der Waals surface area contributed by atoms with Gasteiger partial charge in [-0.25, -0.2) is 0 Å². The Kier molecular flexibility index (Phi) is 8.46. The minimum atomic E-state index is -0.151. The summed E-state index contributed by atoms with van der Waals surface area (Å²) in [6.07, 6.45) is 2.63. The number of nitrogens with one attached hydrogen (secondary N) is 1. The number of anilines is 1. The summed E-state index contributed by atoms with van der Waals surface area (Å²) in [7, 11) is 0. The van der Waals surface area contributed by atoms with Crippen LogP contribution in [-0.2, 0) is 20.8 Å². The van der Waals surface area contributed by atoms with Crippen molar-refractivity contribution in [2.75, 3.05) is 44.6 Å². The Balaban J connectivity index is 0.00000300. The van der Waals surface area contributed by atoms with Gasteiger partial charge in [0, 0.05) is 45.7 Å². The van der Waals surface area contributed by atoms with Gasteiger partial charge in [0.1, 0.15) is 0 Å². The Bertz CT molecular complexity index is 736. The first-order valence-electron chi connectivity index (χ1n) is 10.1. The summed E-state index contributed by atoms with van der Waals surface area (Å²) in [5.74, 6) is -0.0402. The number of benzene rings is 1. The van der Waals surface area contributed by atoms with E-state index in [9.17, 15) is 14.4 Å². The number of nitrogens with zero attached hydrogens (tertiary/aromatic N) is 3. The zero-order valence-electron chi connectivity index (χ0n) is 17.2. The molecular formula is C21H31ClN4O3. The van der Waals surface area contributed by atoms with Crippen molar-refractivity contribution < 1.29 is 14.4 Å². The highest BCUT2D eigenvalue weighted by Crippen LogP contribution is 2.20. The van der Waals surface area contributed by atoms with Gasteiger partial charge in [-0.2, -0.15) is 0 Å². The van der Waals surface area contributed by atoms with Gasteiger partial charge < -0.3 is 20.0 Å². The van der Waals surface area contributed by atoms with Crippen LogP contribution in [0, 0.1) is 0 Å². The molecule has 2 fully saturated rings. The average Bonchev–Trinajstić information content (AvgIpc) is 3.15. The van der Waals surface area contributed by atoms with Crippen LogP contribution >= 0.6 is 12.4 Å². The highest BCUT2D eigenvalue weighted by molar-refractivity contribution is 5.91.